The van der Waals surface area contributed by atoms with Gasteiger partial charge < -0.3 is 25.7 Å². The summed E-state index contributed by atoms with van der Waals surface area (Å²) in [4.78, 5) is 72.1. The van der Waals surface area contributed by atoms with Crippen LogP contribution in [-0.2, 0) is 32.1 Å². The number of hydrogen-bond acceptors (Lipinski definition) is 10. The fourth-order valence-electron chi connectivity index (χ4n) is 6.98. The van der Waals surface area contributed by atoms with Crippen LogP contribution in [0.1, 0.15) is 41.3 Å². The van der Waals surface area contributed by atoms with Crippen LogP contribution in [0.5, 0.6) is 5.75 Å². The summed E-state index contributed by atoms with van der Waals surface area (Å²) < 4.78 is 0. The Morgan fingerprint density at radius 3 is 2.28 bits per heavy atom. The number of aliphatic hydroxyl groups is 1. The number of nitrogens with two attached hydrogens (primary N) is 1. The molecule has 212 valence electrons. The van der Waals surface area contributed by atoms with Crippen LogP contribution in [-0.4, -0.2) is 102 Å². The summed E-state index contributed by atoms with van der Waals surface area (Å²) in [5.74, 6) is -10.3. The van der Waals surface area contributed by atoms with Crippen LogP contribution in [0, 0.1) is 23.7 Å². The number of rotatable bonds is 7. The first-order valence-corrected chi connectivity index (χ1v) is 13.3. The molecule has 11 nitrogen and oxygen atoms in total. The molecule has 39 heavy (non-hydrogen) atoms. The fourth-order valence-corrected chi connectivity index (χ4v) is 6.98. The molecule has 0 aliphatic heterocycles. The molecule has 0 saturated heterocycles. The van der Waals surface area contributed by atoms with Gasteiger partial charge in [0.1, 0.15) is 5.75 Å². The molecule has 2 saturated carbocycles. The van der Waals surface area contributed by atoms with Gasteiger partial charge in [-0.25, -0.2) is 0 Å². The van der Waals surface area contributed by atoms with E-state index < -0.39 is 64.4 Å². The summed E-state index contributed by atoms with van der Waals surface area (Å²) in [5, 5.41) is 23.0. The molecule has 2 fully saturated rings. The van der Waals surface area contributed by atoms with E-state index in [4.69, 9.17) is 5.73 Å². The Labute approximate surface area is 227 Å². The van der Waals surface area contributed by atoms with E-state index in [1.54, 1.807) is 14.1 Å². The van der Waals surface area contributed by atoms with Crippen LogP contribution in [0.3, 0.4) is 0 Å². The zero-order valence-electron chi connectivity index (χ0n) is 23.4. The van der Waals surface area contributed by atoms with E-state index >= 15 is 0 Å². The second-order valence-electron chi connectivity index (χ2n) is 11.7. The number of anilines is 1. The molecule has 3 aliphatic rings. The van der Waals surface area contributed by atoms with Gasteiger partial charge in [-0.05, 0) is 64.5 Å². The lowest BCUT2D eigenvalue weighted by Crippen LogP contribution is -2.74. The number of Topliss-reactive ketones (excluding diaryl/α,β-unsaturated/α-hetero) is 4. The van der Waals surface area contributed by atoms with Gasteiger partial charge in [0.15, 0.2) is 34.7 Å². The highest BCUT2D eigenvalue weighted by Crippen LogP contribution is 2.52. The van der Waals surface area contributed by atoms with Gasteiger partial charge in [0, 0.05) is 37.8 Å². The molecule has 0 radical (unpaired) electrons. The molecule has 6 atom stereocenters. The third-order valence-corrected chi connectivity index (χ3v) is 8.64. The van der Waals surface area contributed by atoms with Crippen molar-refractivity contribution in [3.8, 4) is 5.75 Å². The number of ketones is 4. The Morgan fingerprint density at radius 2 is 1.74 bits per heavy atom. The van der Waals surface area contributed by atoms with Crippen molar-refractivity contribution in [2.75, 3.05) is 46.7 Å². The van der Waals surface area contributed by atoms with Gasteiger partial charge in [-0.3, -0.25) is 28.9 Å². The van der Waals surface area contributed by atoms with Gasteiger partial charge in [0.25, 0.3) is 0 Å². The van der Waals surface area contributed by atoms with Crippen molar-refractivity contribution in [1.29, 1.82) is 0 Å². The highest BCUT2D eigenvalue weighted by Gasteiger charge is 2.69. The Kier molecular flexibility index (Phi) is 7.48. The number of phenols is 1. The monoisotopic (exact) mass is 542 g/mol. The van der Waals surface area contributed by atoms with E-state index in [-0.39, 0.29) is 24.2 Å². The lowest BCUT2D eigenvalue weighted by Gasteiger charge is -2.52. The molecular formula is C28H38N4O7. The van der Waals surface area contributed by atoms with Crippen LogP contribution in [0.15, 0.2) is 6.07 Å². The van der Waals surface area contributed by atoms with Crippen molar-refractivity contribution in [2.24, 2.45) is 29.4 Å². The maximum atomic E-state index is 14.0. The number of likely N-dealkylation sites (N-methyl/N-ethyl adjacent to an activating group) is 1. The standard InChI is InChI=1S/C28H38N4O7/c1-7-8-32(6)12-14-11-17(30(2)3)15-9-13-10-16-21(31(4)5)24(35)20(27(29)38)26(37)28(16,39)25(36)18(13)23(34)19(15)22(14)33/h11,13,16,18,20-21,33,39H,7-10,12H2,1-6H3,(H2,29,38)/t13-,16-,18?,20?,21-,28-/m0/s1. The molecule has 1 amide bonds. The first kappa shape index (κ1) is 28.8. The quantitative estimate of drug-likeness (QED) is 0.393. The van der Waals surface area contributed by atoms with Gasteiger partial charge in [-0.15, -0.1) is 0 Å². The van der Waals surface area contributed by atoms with Crippen molar-refractivity contribution >= 4 is 34.7 Å². The number of nitrogens with zero attached hydrogens (tertiary/aromatic N) is 3. The summed E-state index contributed by atoms with van der Waals surface area (Å²) in [6.45, 7) is 3.18. The second-order valence-corrected chi connectivity index (χ2v) is 11.7. The molecule has 4 rings (SSSR count). The largest absolute Gasteiger partial charge is 0.507 e. The van der Waals surface area contributed by atoms with E-state index in [9.17, 15) is 34.2 Å². The second kappa shape index (κ2) is 10.1. The normalized spacial score (nSPS) is 30.3. The fraction of sp³-hybridized carbons (Fsp3) is 0.607. The van der Waals surface area contributed by atoms with Crippen molar-refractivity contribution in [3.63, 3.8) is 0 Å². The molecule has 4 N–H and O–H groups in total. The number of primary amides is 1. The summed E-state index contributed by atoms with van der Waals surface area (Å²) in [5.41, 5.74) is 4.52. The highest BCUT2D eigenvalue weighted by molar-refractivity contribution is 6.32. The Bertz CT molecular complexity index is 1260. The number of fused-ring (bicyclic) bond motifs is 3. The van der Waals surface area contributed by atoms with Crippen molar-refractivity contribution in [2.45, 2.75) is 44.4 Å². The summed E-state index contributed by atoms with van der Waals surface area (Å²) >= 11 is 0. The summed E-state index contributed by atoms with van der Waals surface area (Å²) in [6.07, 6.45) is 1.16. The summed E-state index contributed by atoms with van der Waals surface area (Å²) in [6, 6.07) is 0.729. The average molecular weight is 543 g/mol. The lowest BCUT2D eigenvalue weighted by atomic mass is 9.52. The third kappa shape index (κ3) is 4.27. The van der Waals surface area contributed by atoms with E-state index in [1.165, 1.54) is 4.90 Å². The van der Waals surface area contributed by atoms with Crippen LogP contribution in [0.25, 0.3) is 0 Å². The molecular weight excluding hydrogens is 504 g/mol. The van der Waals surface area contributed by atoms with Crippen molar-refractivity contribution in [1.82, 2.24) is 9.80 Å². The molecule has 0 aromatic heterocycles. The Hall–Kier alpha value is -3.15. The van der Waals surface area contributed by atoms with Gasteiger partial charge in [0.2, 0.25) is 5.91 Å². The lowest BCUT2D eigenvalue weighted by molar-refractivity contribution is -0.181. The molecule has 2 unspecified atom stereocenters. The molecule has 0 heterocycles. The van der Waals surface area contributed by atoms with E-state index in [2.05, 4.69) is 0 Å². The molecule has 11 heteroatoms. The third-order valence-electron chi connectivity index (χ3n) is 8.64. The van der Waals surface area contributed by atoms with E-state index in [0.29, 0.717) is 17.7 Å². The van der Waals surface area contributed by atoms with Crippen molar-refractivity contribution in [3.05, 3.63) is 22.8 Å². The number of aromatic hydroxyl groups is 1. The zero-order valence-corrected chi connectivity index (χ0v) is 23.4. The van der Waals surface area contributed by atoms with Gasteiger partial charge in [-0.1, -0.05) is 6.92 Å². The average Bonchev–Trinajstić information content (AvgIpc) is 2.82. The van der Waals surface area contributed by atoms with Crippen LogP contribution >= 0.6 is 0 Å². The Morgan fingerprint density at radius 1 is 1.10 bits per heavy atom. The Balaban J connectivity index is 1.87. The zero-order chi connectivity index (χ0) is 29.1. The van der Waals surface area contributed by atoms with E-state index in [0.717, 1.165) is 18.7 Å². The van der Waals surface area contributed by atoms with E-state index in [1.807, 2.05) is 43.9 Å². The predicted molar refractivity (Wildman–Crippen MR) is 142 cm³/mol. The minimum Gasteiger partial charge on any atom is -0.507 e. The molecule has 3 aliphatic carbocycles. The highest BCUT2D eigenvalue weighted by atomic mass is 16.3. The topological polar surface area (TPSA) is 162 Å². The molecule has 0 spiro atoms. The predicted octanol–water partition coefficient (Wildman–Crippen LogP) is -0.225. The van der Waals surface area contributed by atoms with Crippen LogP contribution < -0.4 is 10.6 Å². The molecule has 0 bridgehead atoms. The summed E-state index contributed by atoms with van der Waals surface area (Å²) in [7, 11) is 8.69. The minimum atomic E-state index is -2.73. The number of benzene rings is 1. The van der Waals surface area contributed by atoms with Crippen LogP contribution in [0.2, 0.25) is 0 Å². The number of carbonyl (C=O) groups excluding carboxylic acids is 5. The first-order valence-electron chi connectivity index (χ1n) is 13.3. The molecule has 1 aromatic rings. The van der Waals surface area contributed by atoms with Crippen molar-refractivity contribution < 1.29 is 34.2 Å². The van der Waals surface area contributed by atoms with Gasteiger partial charge in [0.05, 0.1) is 17.5 Å². The maximum absolute atomic E-state index is 14.0. The van der Waals surface area contributed by atoms with Gasteiger partial charge >= 0.3 is 0 Å². The maximum Gasteiger partial charge on any atom is 0.235 e. The molecule has 1 aromatic carbocycles. The number of carbonyl (C=O) groups is 5. The number of phenolic OH excluding ortho intramolecular Hbond substituents is 1. The number of hydrogen-bond donors (Lipinski definition) is 3. The van der Waals surface area contributed by atoms with Gasteiger partial charge in [-0.2, -0.15) is 0 Å². The first-order chi connectivity index (χ1) is 18.2. The van der Waals surface area contributed by atoms with Crippen LogP contribution in [0.4, 0.5) is 5.69 Å². The minimum absolute atomic E-state index is 0.0210. The smallest absolute Gasteiger partial charge is 0.235 e. The SMILES string of the molecule is CCCN(C)Cc1cc(N(C)C)c2c(c1O)C(=O)C1C(=O)[C@]3(O)C(=O)C(C(N)=O)C(=O)[C@@H](N(C)C)[C@@H]3C[C@@H]1C2. The number of amides is 1.